The van der Waals surface area contributed by atoms with E-state index in [9.17, 15) is 0 Å². The van der Waals surface area contributed by atoms with Gasteiger partial charge in [0.1, 0.15) is 11.4 Å². The Morgan fingerprint density at radius 1 is 1.57 bits per heavy atom. The first-order valence-electron chi connectivity index (χ1n) is 4.89. The first kappa shape index (κ1) is 9.06. The van der Waals surface area contributed by atoms with Gasteiger partial charge in [-0.25, -0.2) is 4.98 Å². The number of H-pyrrole nitrogens is 1. The Hall–Kier alpha value is -1.51. The quantitative estimate of drug-likeness (QED) is 0.808. The largest absolute Gasteiger partial charge is 0.489 e. The summed E-state index contributed by atoms with van der Waals surface area (Å²) in [5.74, 6) is 0.839. The number of aromatic amines is 1. The number of nitrogens with zero attached hydrogens (tertiary/aromatic N) is 1. The van der Waals surface area contributed by atoms with Crippen molar-refractivity contribution in [2.24, 2.45) is 0 Å². The second-order valence-electron chi connectivity index (χ2n) is 3.42. The van der Waals surface area contributed by atoms with Crippen LogP contribution in [0.2, 0.25) is 0 Å². The first-order valence-corrected chi connectivity index (χ1v) is 4.89. The van der Waals surface area contributed by atoms with E-state index in [4.69, 9.17) is 4.74 Å². The first-order chi connectivity index (χ1) is 6.79. The molecule has 0 fully saturated rings. The summed E-state index contributed by atoms with van der Waals surface area (Å²) in [4.78, 5) is 7.30. The monoisotopic (exact) mass is 190 g/mol. The lowest BCUT2D eigenvalue weighted by atomic mass is 10.3. The maximum atomic E-state index is 5.66. The van der Waals surface area contributed by atoms with Crippen molar-refractivity contribution in [1.82, 2.24) is 9.97 Å². The summed E-state index contributed by atoms with van der Waals surface area (Å²) in [7, 11) is 0. The zero-order valence-corrected chi connectivity index (χ0v) is 8.45. The fourth-order valence-electron chi connectivity index (χ4n) is 1.30. The molecule has 0 saturated carbocycles. The van der Waals surface area contributed by atoms with E-state index in [1.807, 2.05) is 18.3 Å². The van der Waals surface area contributed by atoms with Gasteiger partial charge in [-0.05, 0) is 25.5 Å². The summed E-state index contributed by atoms with van der Waals surface area (Å²) in [6, 6.07) is 4.00. The Morgan fingerprint density at radius 2 is 2.43 bits per heavy atom. The fraction of sp³-hybridized carbons (Fsp3) is 0.364. The summed E-state index contributed by atoms with van der Waals surface area (Å²) in [6.07, 6.45) is 4.88. The van der Waals surface area contributed by atoms with E-state index in [0.717, 1.165) is 23.2 Å². The van der Waals surface area contributed by atoms with Gasteiger partial charge in [0, 0.05) is 11.6 Å². The van der Waals surface area contributed by atoms with Gasteiger partial charge in [-0.3, -0.25) is 0 Å². The van der Waals surface area contributed by atoms with Crippen molar-refractivity contribution >= 4 is 11.0 Å². The lowest BCUT2D eigenvalue weighted by Crippen LogP contribution is -2.09. The van der Waals surface area contributed by atoms with E-state index < -0.39 is 0 Å². The van der Waals surface area contributed by atoms with Crippen LogP contribution in [0.25, 0.3) is 11.0 Å². The van der Waals surface area contributed by atoms with Crippen molar-refractivity contribution in [1.29, 1.82) is 0 Å². The average molecular weight is 190 g/mol. The summed E-state index contributed by atoms with van der Waals surface area (Å²) in [5, 5.41) is 1.09. The van der Waals surface area contributed by atoms with Crippen LogP contribution >= 0.6 is 0 Å². The van der Waals surface area contributed by atoms with Gasteiger partial charge in [0.05, 0.1) is 12.3 Å². The predicted octanol–water partition coefficient (Wildman–Crippen LogP) is 2.74. The third kappa shape index (κ3) is 1.71. The minimum Gasteiger partial charge on any atom is -0.489 e. The van der Waals surface area contributed by atoms with Crippen LogP contribution in [0.4, 0.5) is 0 Å². The molecule has 2 rings (SSSR count). The van der Waals surface area contributed by atoms with Crippen LogP contribution < -0.4 is 4.74 Å². The van der Waals surface area contributed by atoms with Gasteiger partial charge >= 0.3 is 0 Å². The summed E-state index contributed by atoms with van der Waals surface area (Å²) in [6.45, 7) is 4.16. The zero-order chi connectivity index (χ0) is 9.97. The van der Waals surface area contributed by atoms with Crippen molar-refractivity contribution in [2.75, 3.05) is 0 Å². The molecule has 2 aromatic rings. The van der Waals surface area contributed by atoms with Crippen LogP contribution in [-0.4, -0.2) is 16.1 Å². The lowest BCUT2D eigenvalue weighted by molar-refractivity contribution is 0.217. The molecular weight excluding hydrogens is 176 g/mol. The van der Waals surface area contributed by atoms with Crippen LogP contribution in [0.1, 0.15) is 20.3 Å². The molecule has 0 aliphatic carbocycles. The molecular formula is C11H14N2O. The van der Waals surface area contributed by atoms with E-state index >= 15 is 0 Å². The molecule has 3 heteroatoms. The number of aromatic nitrogens is 2. The maximum Gasteiger partial charge on any atom is 0.138 e. The van der Waals surface area contributed by atoms with Gasteiger partial charge in [0.15, 0.2) is 0 Å². The minimum absolute atomic E-state index is 0.244. The molecule has 1 unspecified atom stereocenters. The third-order valence-corrected chi connectivity index (χ3v) is 2.29. The average Bonchev–Trinajstić information content (AvgIpc) is 2.64. The Bertz CT molecular complexity index is 422. The van der Waals surface area contributed by atoms with Gasteiger partial charge < -0.3 is 9.72 Å². The summed E-state index contributed by atoms with van der Waals surface area (Å²) >= 11 is 0. The topological polar surface area (TPSA) is 37.9 Å². The van der Waals surface area contributed by atoms with Crippen LogP contribution in [0.15, 0.2) is 24.5 Å². The Balaban J connectivity index is 2.25. The molecule has 0 radical (unpaired) electrons. The smallest absolute Gasteiger partial charge is 0.138 e. The Morgan fingerprint density at radius 3 is 3.21 bits per heavy atom. The number of nitrogens with one attached hydrogen (secondary N) is 1. The van der Waals surface area contributed by atoms with Gasteiger partial charge in [-0.15, -0.1) is 0 Å². The van der Waals surface area contributed by atoms with Gasteiger partial charge in [-0.1, -0.05) is 6.92 Å². The van der Waals surface area contributed by atoms with E-state index in [1.54, 1.807) is 6.20 Å². The van der Waals surface area contributed by atoms with Gasteiger partial charge in [-0.2, -0.15) is 0 Å². The molecule has 0 aromatic carbocycles. The Kier molecular flexibility index (Phi) is 2.39. The highest BCUT2D eigenvalue weighted by Gasteiger charge is 2.02. The second kappa shape index (κ2) is 3.70. The fourth-order valence-corrected chi connectivity index (χ4v) is 1.30. The van der Waals surface area contributed by atoms with Gasteiger partial charge in [0.25, 0.3) is 0 Å². The number of ether oxygens (including phenoxy) is 1. The molecule has 0 saturated heterocycles. The van der Waals surface area contributed by atoms with Crippen LogP contribution in [0.5, 0.6) is 5.75 Å². The molecule has 2 heterocycles. The van der Waals surface area contributed by atoms with Gasteiger partial charge in [0.2, 0.25) is 0 Å². The standard InChI is InChI=1S/C11H14N2O/c1-3-8(2)14-10-6-9-4-5-12-11(9)13-7-10/h4-8H,3H2,1-2H3,(H,12,13). The molecule has 0 amide bonds. The Labute approximate surface area is 83.1 Å². The molecule has 1 atom stereocenters. The van der Waals surface area contributed by atoms with Crippen molar-refractivity contribution < 1.29 is 4.74 Å². The number of hydrogen-bond donors (Lipinski definition) is 1. The molecule has 74 valence electrons. The van der Waals surface area contributed by atoms with Crippen molar-refractivity contribution in [3.63, 3.8) is 0 Å². The summed E-state index contributed by atoms with van der Waals surface area (Å²) < 4.78 is 5.66. The minimum atomic E-state index is 0.244. The number of rotatable bonds is 3. The number of hydrogen-bond acceptors (Lipinski definition) is 2. The normalized spacial score (nSPS) is 13.0. The third-order valence-electron chi connectivity index (χ3n) is 2.29. The molecule has 0 spiro atoms. The van der Waals surface area contributed by atoms with E-state index in [1.165, 1.54) is 0 Å². The van der Waals surface area contributed by atoms with Crippen LogP contribution in [-0.2, 0) is 0 Å². The maximum absolute atomic E-state index is 5.66. The molecule has 14 heavy (non-hydrogen) atoms. The van der Waals surface area contributed by atoms with E-state index in [2.05, 4.69) is 23.8 Å². The number of pyridine rings is 1. The number of fused-ring (bicyclic) bond motifs is 1. The highest BCUT2D eigenvalue weighted by atomic mass is 16.5. The predicted molar refractivity (Wildman–Crippen MR) is 56.5 cm³/mol. The highest BCUT2D eigenvalue weighted by Crippen LogP contribution is 2.18. The molecule has 3 nitrogen and oxygen atoms in total. The molecule has 0 aliphatic heterocycles. The molecule has 0 bridgehead atoms. The molecule has 1 N–H and O–H groups in total. The molecule has 0 aliphatic rings. The highest BCUT2D eigenvalue weighted by molar-refractivity contribution is 5.76. The van der Waals surface area contributed by atoms with Crippen molar-refractivity contribution in [3.8, 4) is 5.75 Å². The summed E-state index contributed by atoms with van der Waals surface area (Å²) in [5.41, 5.74) is 0.904. The second-order valence-corrected chi connectivity index (χ2v) is 3.42. The van der Waals surface area contributed by atoms with Crippen LogP contribution in [0, 0.1) is 0 Å². The SMILES string of the molecule is CCC(C)Oc1cnc2[nH]ccc2c1. The zero-order valence-electron chi connectivity index (χ0n) is 8.45. The van der Waals surface area contributed by atoms with E-state index in [-0.39, 0.29) is 6.10 Å². The van der Waals surface area contributed by atoms with E-state index in [0.29, 0.717) is 0 Å². The van der Waals surface area contributed by atoms with Crippen molar-refractivity contribution in [3.05, 3.63) is 24.5 Å². The lowest BCUT2D eigenvalue weighted by Gasteiger charge is -2.11. The van der Waals surface area contributed by atoms with Crippen molar-refractivity contribution in [2.45, 2.75) is 26.4 Å². The van der Waals surface area contributed by atoms with Crippen LogP contribution in [0.3, 0.4) is 0 Å². The molecule has 2 aromatic heterocycles.